The van der Waals surface area contributed by atoms with Gasteiger partial charge < -0.3 is 0 Å². The Labute approximate surface area is 72.7 Å². The fraction of sp³-hybridized carbons (Fsp3) is 0. The molecule has 56 valence electrons. The molecule has 0 unspecified atom stereocenters. The van der Waals surface area contributed by atoms with Gasteiger partial charge in [-0.3, -0.25) is 0 Å². The number of hydrogen-bond acceptors (Lipinski definition) is 1. The van der Waals surface area contributed by atoms with Crippen molar-refractivity contribution in [2.45, 2.75) is 0 Å². The molecule has 0 radical (unpaired) electrons. The van der Waals surface area contributed by atoms with Crippen molar-refractivity contribution < 1.29 is 0 Å². The lowest BCUT2D eigenvalue weighted by Crippen LogP contribution is -1.76. The second-order valence-corrected chi connectivity index (χ2v) is 2.41. The van der Waals surface area contributed by atoms with Crippen LogP contribution >= 0.6 is 12.6 Å². The van der Waals surface area contributed by atoms with Crippen LogP contribution in [0.3, 0.4) is 0 Å². The van der Waals surface area contributed by atoms with Crippen LogP contribution in [0.25, 0.3) is 5.57 Å². The average molecular weight is 162 g/mol. The molecule has 1 aromatic carbocycles. The number of allylic oxidation sites excluding steroid dienone is 2. The maximum Gasteiger partial charge on any atom is -0.0129 e. The smallest absolute Gasteiger partial charge is 0.0129 e. The van der Waals surface area contributed by atoms with Crippen molar-refractivity contribution in [2.75, 3.05) is 0 Å². The fourth-order valence-electron chi connectivity index (χ4n) is 0.876. The molecule has 0 spiro atoms. The lowest BCUT2D eigenvalue weighted by molar-refractivity contribution is 1.63. The Morgan fingerprint density at radius 2 is 1.91 bits per heavy atom. The van der Waals surface area contributed by atoms with Crippen LogP contribution in [0.2, 0.25) is 0 Å². The molecule has 0 bridgehead atoms. The quantitative estimate of drug-likeness (QED) is 0.501. The van der Waals surface area contributed by atoms with E-state index in [4.69, 9.17) is 0 Å². The molecule has 0 N–H and O–H groups in total. The van der Waals surface area contributed by atoms with E-state index in [1.165, 1.54) is 0 Å². The fourth-order valence-corrected chi connectivity index (χ4v) is 1.13. The summed E-state index contributed by atoms with van der Waals surface area (Å²) in [5.74, 6) is 0. The lowest BCUT2D eigenvalue weighted by atomic mass is 10.1. The van der Waals surface area contributed by atoms with Gasteiger partial charge in [0.2, 0.25) is 0 Å². The van der Waals surface area contributed by atoms with E-state index in [9.17, 15) is 0 Å². The molecule has 0 aliphatic rings. The van der Waals surface area contributed by atoms with Crippen molar-refractivity contribution in [3.63, 3.8) is 0 Å². The summed E-state index contributed by atoms with van der Waals surface area (Å²) in [6.45, 7) is 3.69. The Hall–Kier alpha value is -0.950. The van der Waals surface area contributed by atoms with E-state index in [1.54, 1.807) is 11.5 Å². The first kappa shape index (κ1) is 8.15. The number of benzene rings is 1. The van der Waals surface area contributed by atoms with Crippen LogP contribution in [0.4, 0.5) is 0 Å². The topological polar surface area (TPSA) is 0 Å². The van der Waals surface area contributed by atoms with E-state index in [1.807, 2.05) is 30.3 Å². The molecule has 0 amide bonds. The van der Waals surface area contributed by atoms with E-state index in [0.717, 1.165) is 11.1 Å². The first-order valence-electron chi connectivity index (χ1n) is 3.40. The van der Waals surface area contributed by atoms with Crippen LogP contribution in [0.5, 0.6) is 0 Å². The van der Waals surface area contributed by atoms with Gasteiger partial charge in [-0.1, -0.05) is 43.0 Å². The number of thiol groups is 1. The molecule has 0 fully saturated rings. The third-order valence-electron chi connectivity index (χ3n) is 1.47. The highest BCUT2D eigenvalue weighted by atomic mass is 32.1. The molecule has 0 aliphatic heterocycles. The molecule has 0 saturated heterocycles. The van der Waals surface area contributed by atoms with Gasteiger partial charge in [-0.25, -0.2) is 0 Å². The highest BCUT2D eigenvalue weighted by molar-refractivity contribution is 7.83. The second-order valence-electron chi connectivity index (χ2n) is 2.15. The summed E-state index contributed by atoms with van der Waals surface area (Å²) in [7, 11) is 0. The van der Waals surface area contributed by atoms with Crippen LogP contribution in [-0.2, 0) is 0 Å². The largest absolute Gasteiger partial charge is 0.151 e. The Morgan fingerprint density at radius 1 is 1.27 bits per heavy atom. The lowest BCUT2D eigenvalue weighted by Gasteiger charge is -1.98. The average Bonchev–Trinajstić information content (AvgIpc) is 2.09. The molecule has 0 atom stereocenters. The third-order valence-corrected chi connectivity index (χ3v) is 1.74. The zero-order chi connectivity index (χ0) is 8.10. The predicted molar refractivity (Wildman–Crippen MR) is 53.6 cm³/mol. The second kappa shape index (κ2) is 4.04. The summed E-state index contributed by atoms with van der Waals surface area (Å²) >= 11 is 4.07. The summed E-state index contributed by atoms with van der Waals surface area (Å²) in [6, 6.07) is 10.0. The summed E-state index contributed by atoms with van der Waals surface area (Å²) in [6.07, 6.45) is 1.79. The van der Waals surface area contributed by atoms with Crippen LogP contribution in [-0.4, -0.2) is 0 Å². The van der Waals surface area contributed by atoms with E-state index in [2.05, 4.69) is 19.2 Å². The van der Waals surface area contributed by atoms with Gasteiger partial charge in [0, 0.05) is 0 Å². The van der Waals surface area contributed by atoms with Crippen LogP contribution in [0.15, 0.2) is 48.4 Å². The molecule has 11 heavy (non-hydrogen) atoms. The van der Waals surface area contributed by atoms with Gasteiger partial charge in [0.25, 0.3) is 0 Å². The van der Waals surface area contributed by atoms with Gasteiger partial charge >= 0.3 is 0 Å². The standard InChI is InChI=1S/C10H10S/c1-2-9(8-11)10-6-4-3-5-7-10/h2-8,11H,1H2/b9-8+. The Bertz CT molecular complexity index is 259. The summed E-state index contributed by atoms with van der Waals surface area (Å²) in [4.78, 5) is 0. The van der Waals surface area contributed by atoms with Crippen LogP contribution in [0.1, 0.15) is 5.56 Å². The van der Waals surface area contributed by atoms with Crippen molar-refractivity contribution >= 4 is 18.2 Å². The Kier molecular flexibility index (Phi) is 2.99. The van der Waals surface area contributed by atoms with Crippen molar-refractivity contribution in [3.8, 4) is 0 Å². The molecule has 1 heteroatoms. The van der Waals surface area contributed by atoms with Crippen molar-refractivity contribution in [2.24, 2.45) is 0 Å². The van der Waals surface area contributed by atoms with Gasteiger partial charge in [-0.15, -0.1) is 0 Å². The van der Waals surface area contributed by atoms with E-state index in [0.29, 0.717) is 0 Å². The zero-order valence-electron chi connectivity index (χ0n) is 6.20. The molecule has 0 aliphatic carbocycles. The molecule has 1 aromatic rings. The molecular weight excluding hydrogens is 152 g/mol. The molecular formula is C10H10S. The SMILES string of the molecule is C=C/C(=C\S)c1ccccc1. The van der Waals surface area contributed by atoms with Gasteiger partial charge in [0.05, 0.1) is 0 Å². The highest BCUT2D eigenvalue weighted by Gasteiger charge is 1.91. The van der Waals surface area contributed by atoms with Gasteiger partial charge in [-0.05, 0) is 16.5 Å². The maximum absolute atomic E-state index is 4.07. The highest BCUT2D eigenvalue weighted by Crippen LogP contribution is 2.14. The predicted octanol–water partition coefficient (Wildman–Crippen LogP) is 3.14. The molecule has 0 aromatic heterocycles. The van der Waals surface area contributed by atoms with Gasteiger partial charge in [0.15, 0.2) is 0 Å². The summed E-state index contributed by atoms with van der Waals surface area (Å²) in [5, 5.41) is 1.75. The number of rotatable bonds is 2. The minimum absolute atomic E-state index is 1.05. The maximum atomic E-state index is 4.07. The van der Waals surface area contributed by atoms with Crippen LogP contribution in [0, 0.1) is 0 Å². The summed E-state index contributed by atoms with van der Waals surface area (Å²) in [5.41, 5.74) is 2.20. The molecule has 0 heterocycles. The van der Waals surface area contributed by atoms with Crippen molar-refractivity contribution in [1.29, 1.82) is 0 Å². The van der Waals surface area contributed by atoms with E-state index < -0.39 is 0 Å². The van der Waals surface area contributed by atoms with Crippen LogP contribution < -0.4 is 0 Å². The monoisotopic (exact) mass is 162 g/mol. The van der Waals surface area contributed by atoms with E-state index in [-0.39, 0.29) is 0 Å². The molecule has 1 rings (SSSR count). The zero-order valence-corrected chi connectivity index (χ0v) is 7.09. The van der Waals surface area contributed by atoms with Gasteiger partial charge in [0.1, 0.15) is 0 Å². The van der Waals surface area contributed by atoms with Crippen molar-refractivity contribution in [1.82, 2.24) is 0 Å². The molecule has 0 saturated carbocycles. The minimum atomic E-state index is 1.05. The Morgan fingerprint density at radius 3 is 2.36 bits per heavy atom. The molecule has 0 nitrogen and oxygen atoms in total. The first-order valence-corrected chi connectivity index (χ1v) is 3.92. The number of hydrogen-bond donors (Lipinski definition) is 1. The third kappa shape index (κ3) is 1.99. The Balaban J connectivity index is 3.01. The normalized spacial score (nSPS) is 11.2. The van der Waals surface area contributed by atoms with Gasteiger partial charge in [-0.2, -0.15) is 12.6 Å². The minimum Gasteiger partial charge on any atom is -0.151 e. The summed E-state index contributed by atoms with van der Waals surface area (Å²) < 4.78 is 0. The van der Waals surface area contributed by atoms with Crippen molar-refractivity contribution in [3.05, 3.63) is 54.0 Å². The van der Waals surface area contributed by atoms with E-state index >= 15 is 0 Å². The first-order chi connectivity index (χ1) is 5.38.